The van der Waals surface area contributed by atoms with E-state index in [1.54, 1.807) is 0 Å². The largest absolute Gasteiger partial charge is 0.456 e. The van der Waals surface area contributed by atoms with E-state index in [2.05, 4.69) is 0 Å². The second-order valence-electron chi connectivity index (χ2n) is 4.36. The number of hydrogen-bond donors (Lipinski definition) is 0. The lowest BCUT2D eigenvalue weighted by Crippen LogP contribution is -2.24. The minimum Gasteiger partial charge on any atom is -0.456 e. The fraction of sp³-hybridized carbons (Fsp3) is 0.545. The molecule has 0 amide bonds. The molecule has 13 heavy (non-hydrogen) atoms. The van der Waals surface area contributed by atoms with Crippen molar-refractivity contribution in [3.63, 3.8) is 0 Å². The number of hydrogen-bond acceptors (Lipinski definition) is 2. The Kier molecular flexibility index (Phi) is 2.60. The van der Waals surface area contributed by atoms with Crippen molar-refractivity contribution in [3.05, 3.63) is 23.3 Å². The molecule has 72 valence electrons. The summed E-state index contributed by atoms with van der Waals surface area (Å²) in [6.45, 7) is 7.62. The topological polar surface area (TPSA) is 26.3 Å². The minimum absolute atomic E-state index is 0.218. The summed E-state index contributed by atoms with van der Waals surface area (Å²) in [5.41, 5.74) is 1.50. The molecule has 2 heteroatoms. The first-order valence-corrected chi connectivity index (χ1v) is 4.49. The highest BCUT2D eigenvalue weighted by Crippen LogP contribution is 2.20. The van der Waals surface area contributed by atoms with E-state index >= 15 is 0 Å². The summed E-state index contributed by atoms with van der Waals surface area (Å²) < 4.78 is 5.22. The van der Waals surface area contributed by atoms with Crippen LogP contribution < -0.4 is 0 Å². The normalized spacial score (nSPS) is 16.6. The van der Waals surface area contributed by atoms with Gasteiger partial charge in [-0.05, 0) is 40.2 Å². The van der Waals surface area contributed by atoms with Crippen LogP contribution in [0.3, 0.4) is 0 Å². The van der Waals surface area contributed by atoms with Gasteiger partial charge in [-0.15, -0.1) is 0 Å². The maximum Gasteiger partial charge on any atom is 0.338 e. The quantitative estimate of drug-likeness (QED) is 0.580. The highest BCUT2D eigenvalue weighted by molar-refractivity contribution is 5.92. The van der Waals surface area contributed by atoms with Crippen LogP contribution in [-0.4, -0.2) is 11.6 Å². The number of carbonyl (C=O) groups is 1. The van der Waals surface area contributed by atoms with Crippen LogP contribution in [0.4, 0.5) is 0 Å². The van der Waals surface area contributed by atoms with Crippen LogP contribution in [0.5, 0.6) is 0 Å². The molecule has 1 aliphatic carbocycles. The molecule has 0 aromatic carbocycles. The molecular weight excluding hydrogens is 164 g/mol. The molecule has 0 saturated carbocycles. The van der Waals surface area contributed by atoms with Gasteiger partial charge in [0.05, 0.1) is 5.57 Å². The molecule has 2 nitrogen and oxygen atoms in total. The van der Waals surface area contributed by atoms with Gasteiger partial charge < -0.3 is 4.74 Å². The third-order valence-corrected chi connectivity index (χ3v) is 1.68. The second kappa shape index (κ2) is 3.36. The zero-order valence-electron chi connectivity index (χ0n) is 8.68. The zero-order valence-corrected chi connectivity index (χ0v) is 8.68. The molecule has 0 unspecified atom stereocenters. The minimum atomic E-state index is -0.401. The van der Waals surface area contributed by atoms with Crippen LogP contribution in [0.25, 0.3) is 0 Å². The lowest BCUT2D eigenvalue weighted by Gasteiger charge is -2.19. The Morgan fingerprint density at radius 2 is 2.08 bits per heavy atom. The fourth-order valence-electron chi connectivity index (χ4n) is 1.13. The molecule has 0 aliphatic heterocycles. The highest BCUT2D eigenvalue weighted by Gasteiger charge is 2.20. The lowest BCUT2D eigenvalue weighted by atomic mass is 10.2. The second-order valence-corrected chi connectivity index (χ2v) is 4.36. The van der Waals surface area contributed by atoms with Gasteiger partial charge in [-0.3, -0.25) is 0 Å². The summed E-state index contributed by atoms with van der Waals surface area (Å²) >= 11 is 0. The van der Waals surface area contributed by atoms with Crippen molar-refractivity contribution in [2.45, 2.75) is 39.7 Å². The van der Waals surface area contributed by atoms with Crippen LogP contribution >= 0.6 is 0 Å². The average molecular weight is 180 g/mol. The molecule has 0 bridgehead atoms. The first-order valence-electron chi connectivity index (χ1n) is 4.49. The molecule has 0 atom stereocenters. The lowest BCUT2D eigenvalue weighted by molar-refractivity contribution is -0.149. The molecule has 0 N–H and O–H groups in total. The van der Waals surface area contributed by atoms with E-state index in [1.807, 2.05) is 39.8 Å². The molecule has 0 saturated heterocycles. The first-order chi connectivity index (χ1) is 5.88. The Morgan fingerprint density at radius 3 is 2.46 bits per heavy atom. The molecule has 1 aliphatic rings. The summed E-state index contributed by atoms with van der Waals surface area (Å²) in [4.78, 5) is 11.5. The van der Waals surface area contributed by atoms with E-state index in [9.17, 15) is 4.79 Å². The Bertz CT molecular complexity index is 277. The van der Waals surface area contributed by atoms with Gasteiger partial charge in [0.2, 0.25) is 0 Å². The first kappa shape index (κ1) is 10.0. The molecule has 0 aromatic heterocycles. The summed E-state index contributed by atoms with van der Waals surface area (Å²) in [5.74, 6) is -0.218. The van der Waals surface area contributed by atoms with E-state index in [0.29, 0.717) is 5.57 Å². The number of carbonyl (C=O) groups excluding carboxylic acids is 1. The van der Waals surface area contributed by atoms with Crippen LogP contribution in [0.2, 0.25) is 0 Å². The van der Waals surface area contributed by atoms with Crippen LogP contribution in [0.1, 0.15) is 34.1 Å². The highest BCUT2D eigenvalue weighted by atomic mass is 16.6. The van der Waals surface area contributed by atoms with Gasteiger partial charge in [-0.1, -0.05) is 11.6 Å². The Morgan fingerprint density at radius 1 is 1.46 bits per heavy atom. The maximum absolute atomic E-state index is 11.5. The van der Waals surface area contributed by atoms with E-state index < -0.39 is 5.60 Å². The summed E-state index contributed by atoms with van der Waals surface area (Å²) in [5, 5.41) is 0. The molecule has 1 rings (SSSR count). The Hall–Kier alpha value is -1.05. The summed E-state index contributed by atoms with van der Waals surface area (Å²) in [6, 6.07) is 0. The van der Waals surface area contributed by atoms with Crippen LogP contribution in [0.15, 0.2) is 23.3 Å². The van der Waals surface area contributed by atoms with E-state index in [4.69, 9.17) is 4.74 Å². The van der Waals surface area contributed by atoms with Gasteiger partial charge >= 0.3 is 5.97 Å². The standard InChI is InChI=1S/C11H16O2/c1-8-5-6-9(7-8)10(12)13-11(2,3)4/h6-7H,5H2,1-4H3. The SMILES string of the molecule is CC1=CC(C(=O)OC(C)(C)C)=CC1. The van der Waals surface area contributed by atoms with Crippen molar-refractivity contribution in [1.82, 2.24) is 0 Å². The van der Waals surface area contributed by atoms with Gasteiger partial charge in [0.1, 0.15) is 5.60 Å². The maximum atomic E-state index is 11.5. The van der Waals surface area contributed by atoms with E-state index in [1.165, 1.54) is 5.57 Å². The molecule has 0 heterocycles. The third kappa shape index (κ3) is 3.05. The van der Waals surface area contributed by atoms with Gasteiger partial charge in [0.15, 0.2) is 0 Å². The molecule has 0 spiro atoms. The average Bonchev–Trinajstić information content (AvgIpc) is 2.31. The predicted molar refractivity (Wildman–Crippen MR) is 52.3 cm³/mol. The van der Waals surface area contributed by atoms with Crippen molar-refractivity contribution in [3.8, 4) is 0 Å². The van der Waals surface area contributed by atoms with Crippen molar-refractivity contribution >= 4 is 5.97 Å². The third-order valence-electron chi connectivity index (χ3n) is 1.68. The Balaban J connectivity index is 2.60. The number of esters is 1. The number of ether oxygens (including phenoxy) is 1. The molecule has 0 aromatic rings. The fourth-order valence-corrected chi connectivity index (χ4v) is 1.13. The van der Waals surface area contributed by atoms with Crippen molar-refractivity contribution in [2.24, 2.45) is 0 Å². The number of allylic oxidation sites excluding steroid dienone is 2. The van der Waals surface area contributed by atoms with Gasteiger partial charge in [-0.25, -0.2) is 4.79 Å². The van der Waals surface area contributed by atoms with Gasteiger partial charge in [0, 0.05) is 0 Å². The van der Waals surface area contributed by atoms with E-state index in [-0.39, 0.29) is 5.97 Å². The Labute approximate surface area is 79.3 Å². The van der Waals surface area contributed by atoms with Gasteiger partial charge in [0.25, 0.3) is 0 Å². The van der Waals surface area contributed by atoms with E-state index in [0.717, 1.165) is 6.42 Å². The van der Waals surface area contributed by atoms with Crippen LogP contribution in [0, 0.1) is 0 Å². The van der Waals surface area contributed by atoms with Crippen molar-refractivity contribution in [1.29, 1.82) is 0 Å². The predicted octanol–water partition coefficient (Wildman–Crippen LogP) is 2.60. The molecular formula is C11H16O2. The smallest absolute Gasteiger partial charge is 0.338 e. The molecule has 0 radical (unpaired) electrons. The summed E-state index contributed by atoms with van der Waals surface area (Å²) in [6.07, 6.45) is 4.66. The van der Waals surface area contributed by atoms with Crippen molar-refractivity contribution in [2.75, 3.05) is 0 Å². The van der Waals surface area contributed by atoms with Gasteiger partial charge in [-0.2, -0.15) is 0 Å². The number of rotatable bonds is 1. The van der Waals surface area contributed by atoms with Crippen LogP contribution in [-0.2, 0) is 9.53 Å². The van der Waals surface area contributed by atoms with Crippen molar-refractivity contribution < 1.29 is 9.53 Å². The zero-order chi connectivity index (χ0) is 10.1. The monoisotopic (exact) mass is 180 g/mol. The summed E-state index contributed by atoms with van der Waals surface area (Å²) in [7, 11) is 0. The molecule has 0 fully saturated rings.